The van der Waals surface area contributed by atoms with Gasteiger partial charge in [0.05, 0.1) is 6.61 Å². The summed E-state index contributed by atoms with van der Waals surface area (Å²) in [5.41, 5.74) is 3.27. The summed E-state index contributed by atoms with van der Waals surface area (Å²) in [6.45, 7) is 2.60. The Hall–Kier alpha value is -2.12. The van der Waals surface area contributed by atoms with Gasteiger partial charge in [0.25, 0.3) is 0 Å². The van der Waals surface area contributed by atoms with Gasteiger partial charge in [0.1, 0.15) is 6.04 Å². The lowest BCUT2D eigenvalue weighted by molar-refractivity contribution is -0.122. The van der Waals surface area contributed by atoms with Crippen LogP contribution in [0.15, 0.2) is 35.3 Å². The first-order valence-electron chi connectivity index (χ1n) is 6.30. The fourth-order valence-corrected chi connectivity index (χ4v) is 1.44. The molecule has 0 saturated heterocycles. The number of anilines is 1. The van der Waals surface area contributed by atoms with Gasteiger partial charge in [0.2, 0.25) is 11.9 Å². The molecule has 0 radical (unpaired) electrons. The number of carbonyl (C=O) groups excluding carboxylic acids is 1. The number of nitrogens with zero attached hydrogens (tertiary/aromatic N) is 1. The Balaban J connectivity index is 2.57. The van der Waals surface area contributed by atoms with E-state index in [1.807, 2.05) is 30.3 Å². The molecule has 7 heteroatoms. The molecule has 1 unspecified atom stereocenters. The van der Waals surface area contributed by atoms with Crippen molar-refractivity contribution in [1.82, 2.24) is 10.7 Å². The standard InChI is InChI=1S/C13H21N5O2/c1-10(12(19)15-8-9-20-2)16-13(18-14)17-11-6-4-3-5-7-11/h3-7,10H,8-9,14H2,1-2H3,(H,15,19)(H2,16,17,18). The summed E-state index contributed by atoms with van der Waals surface area (Å²) < 4.78 is 4.86. The van der Waals surface area contributed by atoms with Gasteiger partial charge < -0.3 is 15.4 Å². The first-order chi connectivity index (χ1) is 9.67. The van der Waals surface area contributed by atoms with Crippen molar-refractivity contribution in [3.05, 3.63) is 30.3 Å². The fourth-order valence-electron chi connectivity index (χ4n) is 1.44. The minimum atomic E-state index is -0.561. The number of nitrogens with one attached hydrogen (secondary N) is 3. The molecule has 1 rings (SSSR count). The van der Waals surface area contributed by atoms with Crippen molar-refractivity contribution in [3.8, 4) is 0 Å². The highest BCUT2D eigenvalue weighted by Gasteiger charge is 2.12. The predicted octanol–water partition coefficient (Wildman–Crippen LogP) is 0.0689. The van der Waals surface area contributed by atoms with Crippen LogP contribution in [-0.2, 0) is 9.53 Å². The number of amides is 1. The smallest absolute Gasteiger partial charge is 0.244 e. The van der Waals surface area contributed by atoms with Crippen molar-refractivity contribution in [1.29, 1.82) is 0 Å². The molecule has 0 bridgehead atoms. The number of nitrogens with two attached hydrogens (primary N) is 1. The summed E-state index contributed by atoms with van der Waals surface area (Å²) in [6.07, 6.45) is 0. The zero-order valence-corrected chi connectivity index (χ0v) is 11.7. The molecular weight excluding hydrogens is 258 g/mol. The van der Waals surface area contributed by atoms with Crippen LogP contribution in [0.1, 0.15) is 6.92 Å². The van der Waals surface area contributed by atoms with Crippen molar-refractivity contribution in [2.45, 2.75) is 13.0 Å². The Kier molecular flexibility index (Phi) is 7.08. The van der Waals surface area contributed by atoms with Crippen LogP contribution in [-0.4, -0.2) is 38.2 Å². The van der Waals surface area contributed by atoms with Crippen LogP contribution >= 0.6 is 0 Å². The molecule has 0 aromatic heterocycles. The summed E-state index contributed by atoms with van der Waals surface area (Å²) in [7, 11) is 1.58. The van der Waals surface area contributed by atoms with Gasteiger partial charge in [-0.05, 0) is 19.1 Å². The van der Waals surface area contributed by atoms with E-state index < -0.39 is 6.04 Å². The van der Waals surface area contributed by atoms with Crippen LogP contribution in [0, 0.1) is 0 Å². The number of ether oxygens (including phenoxy) is 1. The summed E-state index contributed by atoms with van der Waals surface area (Å²) in [4.78, 5) is 15.9. The monoisotopic (exact) mass is 279 g/mol. The molecule has 0 aliphatic carbocycles. The van der Waals surface area contributed by atoms with Crippen LogP contribution in [0.4, 0.5) is 5.69 Å². The first kappa shape index (κ1) is 15.9. The van der Waals surface area contributed by atoms with Gasteiger partial charge in [-0.25, -0.2) is 10.8 Å². The molecule has 20 heavy (non-hydrogen) atoms. The number of hydrogen-bond acceptors (Lipinski definition) is 4. The third-order valence-corrected chi connectivity index (χ3v) is 2.48. The molecule has 1 aromatic rings. The third-order valence-electron chi connectivity index (χ3n) is 2.48. The lowest BCUT2D eigenvalue weighted by Crippen LogP contribution is -2.40. The number of hydrogen-bond donors (Lipinski definition) is 4. The van der Waals surface area contributed by atoms with Crippen molar-refractivity contribution in [2.24, 2.45) is 10.8 Å². The normalized spacial score (nSPS) is 12.7. The van der Waals surface area contributed by atoms with Crippen molar-refractivity contribution in [3.63, 3.8) is 0 Å². The van der Waals surface area contributed by atoms with Gasteiger partial charge in [-0.3, -0.25) is 10.2 Å². The van der Waals surface area contributed by atoms with E-state index in [0.29, 0.717) is 19.1 Å². The first-order valence-corrected chi connectivity index (χ1v) is 6.30. The number of para-hydroxylation sites is 1. The Labute approximate surface area is 118 Å². The second-order valence-electron chi connectivity index (χ2n) is 4.07. The highest BCUT2D eigenvalue weighted by atomic mass is 16.5. The number of guanidine groups is 1. The van der Waals surface area contributed by atoms with Crippen LogP contribution in [0.3, 0.4) is 0 Å². The molecule has 1 atom stereocenters. The van der Waals surface area contributed by atoms with Gasteiger partial charge in [0, 0.05) is 19.3 Å². The number of carbonyl (C=O) groups is 1. The largest absolute Gasteiger partial charge is 0.383 e. The summed E-state index contributed by atoms with van der Waals surface area (Å²) in [5, 5.41) is 5.70. The molecule has 0 aliphatic rings. The molecule has 0 aliphatic heterocycles. The number of methoxy groups -OCH3 is 1. The second-order valence-corrected chi connectivity index (χ2v) is 4.07. The van der Waals surface area contributed by atoms with Crippen molar-refractivity contribution >= 4 is 17.6 Å². The van der Waals surface area contributed by atoms with E-state index in [9.17, 15) is 4.79 Å². The highest BCUT2D eigenvalue weighted by molar-refractivity contribution is 5.95. The van der Waals surface area contributed by atoms with Crippen LogP contribution in [0.25, 0.3) is 0 Å². The van der Waals surface area contributed by atoms with Gasteiger partial charge in [-0.15, -0.1) is 0 Å². The number of hydrazine groups is 1. The highest BCUT2D eigenvalue weighted by Crippen LogP contribution is 2.04. The van der Waals surface area contributed by atoms with Gasteiger partial charge in [0.15, 0.2) is 0 Å². The predicted molar refractivity (Wildman–Crippen MR) is 79.2 cm³/mol. The summed E-state index contributed by atoms with van der Waals surface area (Å²) >= 11 is 0. The van der Waals surface area contributed by atoms with Crippen LogP contribution in [0.5, 0.6) is 0 Å². The SMILES string of the molecule is COCCNC(=O)C(C)N=C(NN)Nc1ccccc1. The average Bonchev–Trinajstić information content (AvgIpc) is 2.47. The van der Waals surface area contributed by atoms with Crippen molar-refractivity contribution in [2.75, 3.05) is 25.6 Å². The van der Waals surface area contributed by atoms with E-state index in [1.165, 1.54) is 0 Å². The molecule has 0 heterocycles. The Morgan fingerprint density at radius 3 is 2.70 bits per heavy atom. The quantitative estimate of drug-likeness (QED) is 0.194. The van der Waals surface area contributed by atoms with E-state index in [1.54, 1.807) is 14.0 Å². The van der Waals surface area contributed by atoms with E-state index in [0.717, 1.165) is 5.69 Å². The second kappa shape index (κ2) is 8.89. The van der Waals surface area contributed by atoms with Crippen LogP contribution < -0.4 is 21.9 Å². The van der Waals surface area contributed by atoms with E-state index in [4.69, 9.17) is 10.6 Å². The maximum Gasteiger partial charge on any atom is 0.244 e. The molecule has 5 N–H and O–H groups in total. The number of rotatable bonds is 6. The molecule has 0 saturated carbocycles. The summed E-state index contributed by atoms with van der Waals surface area (Å²) in [5.74, 6) is 5.53. The van der Waals surface area contributed by atoms with Gasteiger partial charge in [-0.1, -0.05) is 18.2 Å². The molecule has 1 aromatic carbocycles. The zero-order chi connectivity index (χ0) is 14.8. The Bertz CT molecular complexity index is 436. The lowest BCUT2D eigenvalue weighted by Gasteiger charge is -2.12. The third kappa shape index (κ3) is 5.68. The van der Waals surface area contributed by atoms with E-state index >= 15 is 0 Å². The maximum absolute atomic E-state index is 11.8. The Morgan fingerprint density at radius 2 is 2.10 bits per heavy atom. The van der Waals surface area contributed by atoms with E-state index in [2.05, 4.69) is 21.1 Å². The zero-order valence-electron chi connectivity index (χ0n) is 11.7. The average molecular weight is 279 g/mol. The van der Waals surface area contributed by atoms with E-state index in [-0.39, 0.29) is 5.91 Å². The number of aliphatic imine (C=N–C) groups is 1. The minimum absolute atomic E-state index is 0.190. The molecule has 7 nitrogen and oxygen atoms in total. The molecule has 0 fully saturated rings. The molecule has 1 amide bonds. The molecule has 0 spiro atoms. The van der Waals surface area contributed by atoms with Crippen molar-refractivity contribution < 1.29 is 9.53 Å². The molecule has 110 valence electrons. The summed E-state index contributed by atoms with van der Waals surface area (Å²) in [6, 6.07) is 8.86. The molecular formula is C13H21N5O2. The number of benzene rings is 1. The Morgan fingerprint density at radius 1 is 1.40 bits per heavy atom. The van der Waals surface area contributed by atoms with Crippen LogP contribution in [0.2, 0.25) is 0 Å². The minimum Gasteiger partial charge on any atom is -0.383 e. The fraction of sp³-hybridized carbons (Fsp3) is 0.385. The lowest BCUT2D eigenvalue weighted by atomic mass is 10.3. The maximum atomic E-state index is 11.8. The topological polar surface area (TPSA) is 101 Å². The van der Waals surface area contributed by atoms with Gasteiger partial charge in [-0.2, -0.15) is 0 Å². The van der Waals surface area contributed by atoms with Gasteiger partial charge >= 0.3 is 0 Å².